The van der Waals surface area contributed by atoms with E-state index in [0.717, 1.165) is 0 Å². The molecule has 0 saturated heterocycles. The smallest absolute Gasteiger partial charge is 0.249 e. The normalized spacial score (nSPS) is 13.0. The van der Waals surface area contributed by atoms with Gasteiger partial charge in [0, 0.05) is 12.4 Å². The van der Waals surface area contributed by atoms with Crippen LogP contribution in [-0.2, 0) is 6.54 Å². The van der Waals surface area contributed by atoms with Crippen LogP contribution < -0.4 is 5.73 Å². The first kappa shape index (κ1) is 8.96. The molecule has 0 fully saturated rings. The van der Waals surface area contributed by atoms with Crippen molar-refractivity contribution in [3.8, 4) is 0 Å². The quantitative estimate of drug-likeness (QED) is 0.785. The largest absolute Gasteiger partial charge is 0.342 e. The summed E-state index contributed by atoms with van der Waals surface area (Å²) in [6, 6.07) is 3.96. The topological polar surface area (TPSA) is 69.9 Å². The van der Waals surface area contributed by atoms with Crippen molar-refractivity contribution in [2.75, 3.05) is 0 Å². The van der Waals surface area contributed by atoms with Crippen LogP contribution in [0.4, 0.5) is 0 Å². The van der Waals surface area contributed by atoms with Crippen molar-refractivity contribution in [2.45, 2.75) is 19.5 Å². The van der Waals surface area contributed by atoms with E-state index in [0.29, 0.717) is 18.3 Å². The third kappa shape index (κ3) is 1.54. The number of nitrogens with two attached hydrogens (primary N) is 1. The highest BCUT2D eigenvalue weighted by atomic mass is 16.5. The Morgan fingerprint density at radius 2 is 2.21 bits per heavy atom. The van der Waals surface area contributed by atoms with E-state index in [-0.39, 0.29) is 6.04 Å². The highest BCUT2D eigenvalue weighted by Gasteiger charge is 2.13. The van der Waals surface area contributed by atoms with Crippen molar-refractivity contribution in [3.63, 3.8) is 0 Å². The van der Waals surface area contributed by atoms with Gasteiger partial charge in [-0.05, 0) is 19.1 Å². The van der Waals surface area contributed by atoms with Gasteiger partial charge in [-0.25, -0.2) is 0 Å². The standard InChI is InChI=1S/C9H12N4O/c1-7(13-4-2-3-5-13)9-11-8(6-10)12-14-9/h2-5,7H,6,10H2,1H3. The highest BCUT2D eigenvalue weighted by molar-refractivity contribution is 4.99. The fourth-order valence-corrected chi connectivity index (χ4v) is 1.25. The van der Waals surface area contributed by atoms with Crippen molar-refractivity contribution in [1.82, 2.24) is 14.7 Å². The molecule has 2 aromatic heterocycles. The predicted molar refractivity (Wildman–Crippen MR) is 50.4 cm³/mol. The van der Waals surface area contributed by atoms with Crippen LogP contribution >= 0.6 is 0 Å². The fraction of sp³-hybridized carbons (Fsp3) is 0.333. The van der Waals surface area contributed by atoms with Gasteiger partial charge in [0.25, 0.3) is 0 Å². The van der Waals surface area contributed by atoms with Gasteiger partial charge >= 0.3 is 0 Å². The van der Waals surface area contributed by atoms with E-state index < -0.39 is 0 Å². The molecular formula is C9H12N4O. The minimum atomic E-state index is 0.0535. The minimum Gasteiger partial charge on any atom is -0.342 e. The first-order valence-corrected chi connectivity index (χ1v) is 4.46. The van der Waals surface area contributed by atoms with Gasteiger partial charge in [-0.3, -0.25) is 0 Å². The number of hydrogen-bond acceptors (Lipinski definition) is 4. The summed E-state index contributed by atoms with van der Waals surface area (Å²) in [6.07, 6.45) is 3.91. The molecule has 74 valence electrons. The molecule has 5 nitrogen and oxygen atoms in total. The zero-order valence-electron chi connectivity index (χ0n) is 7.92. The van der Waals surface area contributed by atoms with E-state index in [4.69, 9.17) is 10.3 Å². The number of rotatable bonds is 3. The molecule has 2 heterocycles. The molecule has 0 aliphatic rings. The Kier molecular flexibility index (Phi) is 2.32. The van der Waals surface area contributed by atoms with E-state index in [1.165, 1.54) is 0 Å². The van der Waals surface area contributed by atoms with Crippen LogP contribution in [0.1, 0.15) is 24.7 Å². The summed E-state index contributed by atoms with van der Waals surface area (Å²) in [6.45, 7) is 2.30. The predicted octanol–water partition coefficient (Wildman–Crippen LogP) is 0.939. The second-order valence-corrected chi connectivity index (χ2v) is 3.06. The Balaban J connectivity index is 2.23. The molecule has 5 heteroatoms. The summed E-state index contributed by atoms with van der Waals surface area (Å²) in [4.78, 5) is 4.16. The SMILES string of the molecule is CC(c1nc(CN)no1)n1cccc1. The molecule has 0 radical (unpaired) electrons. The summed E-state index contributed by atoms with van der Waals surface area (Å²) in [5.41, 5.74) is 5.39. The summed E-state index contributed by atoms with van der Waals surface area (Å²) in [7, 11) is 0. The van der Waals surface area contributed by atoms with Crippen LogP contribution in [0.3, 0.4) is 0 Å². The molecule has 2 aromatic rings. The van der Waals surface area contributed by atoms with Crippen LogP contribution in [0.25, 0.3) is 0 Å². The Morgan fingerprint density at radius 1 is 1.50 bits per heavy atom. The van der Waals surface area contributed by atoms with E-state index >= 15 is 0 Å². The van der Waals surface area contributed by atoms with Crippen LogP contribution in [0.15, 0.2) is 29.0 Å². The third-order valence-corrected chi connectivity index (χ3v) is 2.10. The van der Waals surface area contributed by atoms with Gasteiger partial charge < -0.3 is 14.8 Å². The first-order valence-electron chi connectivity index (χ1n) is 4.46. The maximum absolute atomic E-state index is 5.39. The van der Waals surface area contributed by atoms with Crippen LogP contribution in [0, 0.1) is 0 Å². The Morgan fingerprint density at radius 3 is 2.79 bits per heavy atom. The fourth-order valence-electron chi connectivity index (χ4n) is 1.25. The lowest BCUT2D eigenvalue weighted by Crippen LogP contribution is -2.05. The Bertz CT molecular complexity index is 393. The van der Waals surface area contributed by atoms with Gasteiger partial charge in [-0.15, -0.1) is 0 Å². The molecular weight excluding hydrogens is 180 g/mol. The third-order valence-electron chi connectivity index (χ3n) is 2.10. The van der Waals surface area contributed by atoms with Crippen molar-refractivity contribution in [1.29, 1.82) is 0 Å². The molecule has 1 unspecified atom stereocenters. The zero-order valence-corrected chi connectivity index (χ0v) is 7.92. The Hall–Kier alpha value is -1.62. The van der Waals surface area contributed by atoms with Crippen molar-refractivity contribution >= 4 is 0 Å². The molecule has 2 N–H and O–H groups in total. The molecule has 0 spiro atoms. The van der Waals surface area contributed by atoms with Gasteiger partial charge in [-0.2, -0.15) is 4.98 Å². The van der Waals surface area contributed by atoms with Gasteiger partial charge in [-0.1, -0.05) is 5.16 Å². The lowest BCUT2D eigenvalue weighted by molar-refractivity contribution is 0.342. The lowest BCUT2D eigenvalue weighted by atomic mass is 10.3. The first-order chi connectivity index (χ1) is 6.81. The summed E-state index contributed by atoms with van der Waals surface area (Å²) in [5, 5.41) is 3.74. The maximum atomic E-state index is 5.39. The highest BCUT2D eigenvalue weighted by Crippen LogP contribution is 2.15. The van der Waals surface area contributed by atoms with Gasteiger partial charge in [0.1, 0.15) is 6.04 Å². The molecule has 0 aliphatic heterocycles. The van der Waals surface area contributed by atoms with Crippen LogP contribution in [0.5, 0.6) is 0 Å². The minimum absolute atomic E-state index is 0.0535. The number of nitrogens with zero attached hydrogens (tertiary/aromatic N) is 3. The molecule has 0 saturated carbocycles. The molecule has 14 heavy (non-hydrogen) atoms. The monoisotopic (exact) mass is 192 g/mol. The van der Waals surface area contributed by atoms with Crippen LogP contribution in [-0.4, -0.2) is 14.7 Å². The molecule has 2 rings (SSSR count). The number of aromatic nitrogens is 3. The molecule has 0 aromatic carbocycles. The maximum Gasteiger partial charge on any atom is 0.249 e. The summed E-state index contributed by atoms with van der Waals surface area (Å²) < 4.78 is 7.07. The van der Waals surface area contributed by atoms with Crippen LogP contribution in [0.2, 0.25) is 0 Å². The summed E-state index contributed by atoms with van der Waals surface area (Å²) in [5.74, 6) is 1.13. The van der Waals surface area contributed by atoms with Gasteiger partial charge in [0.15, 0.2) is 5.82 Å². The summed E-state index contributed by atoms with van der Waals surface area (Å²) >= 11 is 0. The van der Waals surface area contributed by atoms with E-state index in [9.17, 15) is 0 Å². The van der Waals surface area contributed by atoms with E-state index in [1.807, 2.05) is 36.0 Å². The number of hydrogen-bond donors (Lipinski definition) is 1. The van der Waals surface area contributed by atoms with Gasteiger partial charge in [0.2, 0.25) is 5.89 Å². The van der Waals surface area contributed by atoms with Crippen molar-refractivity contribution in [2.24, 2.45) is 5.73 Å². The van der Waals surface area contributed by atoms with E-state index in [2.05, 4.69) is 10.1 Å². The molecule has 0 aliphatic carbocycles. The van der Waals surface area contributed by atoms with E-state index in [1.54, 1.807) is 0 Å². The average molecular weight is 192 g/mol. The zero-order chi connectivity index (χ0) is 9.97. The molecule has 0 bridgehead atoms. The second-order valence-electron chi connectivity index (χ2n) is 3.06. The Labute approximate surface area is 81.5 Å². The van der Waals surface area contributed by atoms with Gasteiger partial charge in [0.05, 0.1) is 6.54 Å². The molecule has 0 amide bonds. The van der Waals surface area contributed by atoms with Crippen molar-refractivity contribution in [3.05, 3.63) is 36.2 Å². The lowest BCUT2D eigenvalue weighted by Gasteiger charge is -2.07. The average Bonchev–Trinajstić information content (AvgIpc) is 2.88. The van der Waals surface area contributed by atoms with Crippen molar-refractivity contribution < 1.29 is 4.52 Å². The second kappa shape index (κ2) is 3.63. The molecule has 1 atom stereocenters.